The lowest BCUT2D eigenvalue weighted by atomic mass is 10.2. The number of halogens is 1. The van der Waals surface area contributed by atoms with Crippen LogP contribution < -0.4 is 5.32 Å². The second kappa shape index (κ2) is 7.93. The molecule has 8 heteroatoms. The number of carbonyl (C=O) groups excluding carboxylic acids is 2. The van der Waals surface area contributed by atoms with Crippen LogP contribution in [0.4, 0.5) is 5.69 Å². The minimum atomic E-state index is -0.194. The third-order valence-corrected chi connectivity index (χ3v) is 5.33. The highest BCUT2D eigenvalue weighted by Crippen LogP contribution is 2.40. The second-order valence-corrected chi connectivity index (χ2v) is 7.73. The van der Waals surface area contributed by atoms with Gasteiger partial charge in [-0.25, -0.2) is 0 Å². The van der Waals surface area contributed by atoms with E-state index in [0.717, 1.165) is 24.1 Å². The number of morpholine rings is 1. The summed E-state index contributed by atoms with van der Waals surface area (Å²) in [6.07, 6.45) is 2.12. The van der Waals surface area contributed by atoms with Gasteiger partial charge in [-0.2, -0.15) is 5.10 Å². The molecule has 0 bridgehead atoms. The van der Waals surface area contributed by atoms with E-state index in [1.807, 2.05) is 19.1 Å². The minimum absolute atomic E-state index is 0.0637. The summed E-state index contributed by atoms with van der Waals surface area (Å²) in [6, 6.07) is 7.22. The number of carbonyl (C=O) groups is 2. The molecule has 0 atom stereocenters. The van der Waals surface area contributed by atoms with Gasteiger partial charge < -0.3 is 15.0 Å². The first-order valence-electron chi connectivity index (χ1n) is 9.52. The minimum Gasteiger partial charge on any atom is -0.378 e. The van der Waals surface area contributed by atoms with Gasteiger partial charge in [-0.1, -0.05) is 17.7 Å². The topological polar surface area (TPSA) is 76.5 Å². The number of nitrogens with zero attached hydrogens (tertiary/aromatic N) is 3. The van der Waals surface area contributed by atoms with Gasteiger partial charge >= 0.3 is 0 Å². The van der Waals surface area contributed by atoms with Crippen molar-refractivity contribution in [1.82, 2.24) is 14.7 Å². The van der Waals surface area contributed by atoms with Crippen molar-refractivity contribution in [3.05, 3.63) is 46.2 Å². The predicted molar refractivity (Wildman–Crippen MR) is 106 cm³/mol. The molecule has 2 fully saturated rings. The smallest absolute Gasteiger partial charge is 0.274 e. The molecule has 148 valence electrons. The zero-order chi connectivity index (χ0) is 19.7. The van der Waals surface area contributed by atoms with Crippen LogP contribution in [0.1, 0.15) is 40.5 Å². The van der Waals surface area contributed by atoms with Crippen LogP contribution in [0.5, 0.6) is 0 Å². The fourth-order valence-electron chi connectivity index (χ4n) is 3.35. The number of hydrogen-bond donors (Lipinski definition) is 1. The highest BCUT2D eigenvalue weighted by atomic mass is 35.5. The summed E-state index contributed by atoms with van der Waals surface area (Å²) in [5.41, 5.74) is 2.97. The van der Waals surface area contributed by atoms with Crippen molar-refractivity contribution in [2.45, 2.75) is 32.2 Å². The molecule has 1 aromatic carbocycles. The highest BCUT2D eigenvalue weighted by molar-refractivity contribution is 6.31. The van der Waals surface area contributed by atoms with Crippen molar-refractivity contribution in [3.63, 3.8) is 0 Å². The Morgan fingerprint density at radius 2 is 2.00 bits per heavy atom. The quantitative estimate of drug-likeness (QED) is 0.834. The van der Waals surface area contributed by atoms with E-state index in [0.29, 0.717) is 48.6 Å². The Labute approximate surface area is 168 Å². The van der Waals surface area contributed by atoms with Crippen molar-refractivity contribution in [2.24, 2.45) is 0 Å². The molecule has 28 heavy (non-hydrogen) atoms. The van der Waals surface area contributed by atoms with Gasteiger partial charge in [-0.3, -0.25) is 14.3 Å². The van der Waals surface area contributed by atoms with E-state index in [1.54, 1.807) is 21.7 Å². The number of amides is 2. The van der Waals surface area contributed by atoms with Gasteiger partial charge in [0.05, 0.1) is 13.2 Å². The van der Waals surface area contributed by atoms with E-state index >= 15 is 0 Å². The molecule has 4 rings (SSSR count). The van der Waals surface area contributed by atoms with E-state index in [4.69, 9.17) is 16.3 Å². The molecule has 0 spiro atoms. The average molecular weight is 403 g/mol. The molecule has 1 saturated carbocycles. The molecule has 0 unspecified atom stereocenters. The van der Waals surface area contributed by atoms with Crippen molar-refractivity contribution < 1.29 is 14.3 Å². The van der Waals surface area contributed by atoms with Crippen LogP contribution in [-0.4, -0.2) is 52.8 Å². The average Bonchev–Trinajstić information content (AvgIpc) is 3.45. The Morgan fingerprint density at radius 1 is 1.25 bits per heavy atom. The summed E-state index contributed by atoms with van der Waals surface area (Å²) in [4.78, 5) is 27.1. The maximum atomic E-state index is 12.7. The van der Waals surface area contributed by atoms with Gasteiger partial charge in [-0.05, 0) is 43.5 Å². The van der Waals surface area contributed by atoms with Crippen LogP contribution in [0.2, 0.25) is 5.02 Å². The van der Waals surface area contributed by atoms with Gasteiger partial charge in [0.25, 0.3) is 5.91 Å². The Hall–Kier alpha value is -2.38. The fraction of sp³-hybridized carbons (Fsp3) is 0.450. The van der Waals surface area contributed by atoms with E-state index in [9.17, 15) is 9.59 Å². The molecule has 1 aliphatic carbocycles. The number of aromatic nitrogens is 2. The summed E-state index contributed by atoms with van der Waals surface area (Å²) in [5.74, 6) is 0.0789. The van der Waals surface area contributed by atoms with E-state index < -0.39 is 0 Å². The van der Waals surface area contributed by atoms with Crippen LogP contribution >= 0.6 is 11.6 Å². The lowest BCUT2D eigenvalue weighted by Gasteiger charge is -2.25. The summed E-state index contributed by atoms with van der Waals surface area (Å²) < 4.78 is 6.98. The first kappa shape index (κ1) is 19.0. The van der Waals surface area contributed by atoms with Gasteiger partial charge in [0.1, 0.15) is 6.54 Å². The predicted octanol–water partition coefficient (Wildman–Crippen LogP) is 2.83. The van der Waals surface area contributed by atoms with Crippen LogP contribution in [0, 0.1) is 6.92 Å². The molecular formula is C20H23ClN4O3. The number of aryl methyl sites for hydroxylation is 1. The number of rotatable bonds is 5. The van der Waals surface area contributed by atoms with Crippen molar-refractivity contribution in [2.75, 3.05) is 31.6 Å². The Morgan fingerprint density at radius 3 is 2.71 bits per heavy atom. The fourth-order valence-corrected chi connectivity index (χ4v) is 3.53. The second-order valence-electron chi connectivity index (χ2n) is 7.30. The molecule has 1 N–H and O–H groups in total. The van der Waals surface area contributed by atoms with Gasteiger partial charge in [0, 0.05) is 35.4 Å². The van der Waals surface area contributed by atoms with Gasteiger partial charge in [0.15, 0.2) is 5.69 Å². The highest BCUT2D eigenvalue weighted by Gasteiger charge is 2.31. The maximum absolute atomic E-state index is 12.7. The summed E-state index contributed by atoms with van der Waals surface area (Å²) in [5, 5.41) is 7.92. The van der Waals surface area contributed by atoms with Crippen molar-refractivity contribution in [3.8, 4) is 0 Å². The van der Waals surface area contributed by atoms with Gasteiger partial charge in [-0.15, -0.1) is 0 Å². The van der Waals surface area contributed by atoms with E-state index in [1.165, 1.54) is 0 Å². The maximum Gasteiger partial charge on any atom is 0.274 e. The molecule has 2 heterocycles. The zero-order valence-electron chi connectivity index (χ0n) is 15.8. The third kappa shape index (κ3) is 4.20. The van der Waals surface area contributed by atoms with Crippen molar-refractivity contribution >= 4 is 29.1 Å². The monoisotopic (exact) mass is 402 g/mol. The molecule has 1 aromatic heterocycles. The summed E-state index contributed by atoms with van der Waals surface area (Å²) >= 11 is 6.03. The summed E-state index contributed by atoms with van der Waals surface area (Å²) in [6.45, 7) is 4.20. The Bertz CT molecular complexity index is 901. The SMILES string of the molecule is Cc1ccc(Cl)cc1NC(=O)Cn1nc(C(=O)N2CCOCC2)cc1C1CC1. The third-order valence-electron chi connectivity index (χ3n) is 5.09. The molecule has 2 aliphatic rings. The first-order valence-corrected chi connectivity index (χ1v) is 9.90. The number of benzene rings is 1. The van der Waals surface area contributed by atoms with Crippen LogP contribution in [-0.2, 0) is 16.1 Å². The molecule has 2 aromatic rings. The van der Waals surface area contributed by atoms with E-state index in [-0.39, 0.29) is 18.4 Å². The van der Waals surface area contributed by atoms with Crippen LogP contribution in [0.3, 0.4) is 0 Å². The van der Waals surface area contributed by atoms with E-state index in [2.05, 4.69) is 10.4 Å². The molecular weight excluding hydrogens is 380 g/mol. The first-order chi connectivity index (χ1) is 13.5. The Balaban J connectivity index is 1.50. The lowest BCUT2D eigenvalue weighted by molar-refractivity contribution is -0.117. The van der Waals surface area contributed by atoms with Crippen LogP contribution in [0.15, 0.2) is 24.3 Å². The zero-order valence-corrected chi connectivity index (χ0v) is 16.5. The molecule has 0 radical (unpaired) electrons. The standard InChI is InChI=1S/C20H23ClN4O3/c1-13-2-5-15(21)10-16(13)22-19(26)12-25-18(14-3-4-14)11-17(23-25)20(27)24-6-8-28-9-7-24/h2,5,10-11,14H,3-4,6-9,12H2,1H3,(H,22,26). The molecule has 2 amide bonds. The number of nitrogens with one attached hydrogen (secondary N) is 1. The van der Waals surface area contributed by atoms with Crippen molar-refractivity contribution in [1.29, 1.82) is 0 Å². The normalized spacial score (nSPS) is 16.9. The molecule has 1 saturated heterocycles. The largest absolute Gasteiger partial charge is 0.378 e. The number of hydrogen-bond acceptors (Lipinski definition) is 4. The number of anilines is 1. The molecule has 1 aliphatic heterocycles. The molecule has 7 nitrogen and oxygen atoms in total. The lowest BCUT2D eigenvalue weighted by Crippen LogP contribution is -2.40. The Kier molecular flexibility index (Phi) is 5.37. The summed E-state index contributed by atoms with van der Waals surface area (Å²) in [7, 11) is 0. The number of ether oxygens (including phenoxy) is 1. The van der Waals surface area contributed by atoms with Crippen LogP contribution in [0.25, 0.3) is 0 Å². The van der Waals surface area contributed by atoms with Gasteiger partial charge in [0.2, 0.25) is 5.91 Å².